The summed E-state index contributed by atoms with van der Waals surface area (Å²) >= 11 is 0. The van der Waals surface area contributed by atoms with Crippen LogP contribution in [0.5, 0.6) is 0 Å². The first-order chi connectivity index (χ1) is 5.13. The summed E-state index contributed by atoms with van der Waals surface area (Å²) in [4.78, 5) is 10.6. The molecule has 3 heteroatoms. The Morgan fingerprint density at radius 3 is 2.55 bits per heavy atom. The standard InChI is InChI=1S/C8H10O3/c9-7(10)8(11)4-5-1-2-6(8)3-5/h1-2,5-6,11H,3-4H2,(H,9,10)/t5-,6-,8+/m0/s1. The molecule has 0 heterocycles. The van der Waals surface area contributed by atoms with E-state index < -0.39 is 11.6 Å². The highest BCUT2D eigenvalue weighted by atomic mass is 16.4. The average molecular weight is 154 g/mol. The predicted octanol–water partition coefficient (Wildman–Crippen LogP) is 0.398. The summed E-state index contributed by atoms with van der Waals surface area (Å²) in [5.41, 5.74) is -1.46. The van der Waals surface area contributed by atoms with Gasteiger partial charge in [0.2, 0.25) is 0 Å². The fraction of sp³-hybridized carbons (Fsp3) is 0.625. The number of hydrogen-bond donors (Lipinski definition) is 2. The Morgan fingerprint density at radius 2 is 2.27 bits per heavy atom. The first-order valence-corrected chi connectivity index (χ1v) is 3.77. The van der Waals surface area contributed by atoms with Gasteiger partial charge in [-0.05, 0) is 18.8 Å². The second kappa shape index (κ2) is 1.85. The fourth-order valence-corrected chi connectivity index (χ4v) is 2.08. The summed E-state index contributed by atoms with van der Waals surface area (Å²) in [6, 6.07) is 0. The lowest BCUT2D eigenvalue weighted by atomic mass is 9.89. The van der Waals surface area contributed by atoms with Crippen LogP contribution < -0.4 is 0 Å². The molecule has 0 amide bonds. The summed E-state index contributed by atoms with van der Waals surface area (Å²) in [5.74, 6) is -0.930. The van der Waals surface area contributed by atoms with Crippen LogP contribution in [-0.4, -0.2) is 21.8 Å². The molecule has 2 N–H and O–H groups in total. The van der Waals surface area contributed by atoms with Gasteiger partial charge in [-0.1, -0.05) is 12.2 Å². The Balaban J connectivity index is 2.30. The molecular weight excluding hydrogens is 144 g/mol. The minimum Gasteiger partial charge on any atom is -0.479 e. The molecular formula is C8H10O3. The molecule has 2 aliphatic carbocycles. The van der Waals surface area contributed by atoms with E-state index in [1.165, 1.54) is 0 Å². The van der Waals surface area contributed by atoms with Gasteiger partial charge in [-0.15, -0.1) is 0 Å². The molecule has 0 unspecified atom stereocenters. The Morgan fingerprint density at radius 1 is 1.55 bits per heavy atom. The highest BCUT2D eigenvalue weighted by Crippen LogP contribution is 2.46. The Kier molecular flexibility index (Phi) is 1.16. The quantitative estimate of drug-likeness (QED) is 0.537. The smallest absolute Gasteiger partial charge is 0.336 e. The number of fused-ring (bicyclic) bond motifs is 2. The molecule has 0 aromatic carbocycles. The third-order valence-corrected chi connectivity index (χ3v) is 2.73. The molecule has 0 radical (unpaired) electrons. The van der Waals surface area contributed by atoms with Crippen molar-refractivity contribution in [2.45, 2.75) is 18.4 Å². The maximum absolute atomic E-state index is 10.6. The Bertz CT molecular complexity index is 233. The summed E-state index contributed by atoms with van der Waals surface area (Å²) in [6.07, 6.45) is 5.02. The van der Waals surface area contributed by atoms with Gasteiger partial charge in [0.05, 0.1) is 0 Å². The number of carboxylic acids is 1. The fourth-order valence-electron chi connectivity index (χ4n) is 2.08. The number of allylic oxidation sites excluding steroid dienone is 1. The molecule has 2 bridgehead atoms. The maximum Gasteiger partial charge on any atom is 0.336 e. The SMILES string of the molecule is O=C(O)[C@@]1(O)C[C@H]2C=C[C@H]1C2. The van der Waals surface area contributed by atoms with Crippen molar-refractivity contribution >= 4 is 5.97 Å². The number of hydrogen-bond acceptors (Lipinski definition) is 2. The molecule has 2 rings (SSSR count). The topological polar surface area (TPSA) is 57.5 Å². The van der Waals surface area contributed by atoms with E-state index >= 15 is 0 Å². The zero-order chi connectivity index (χ0) is 8.06. The van der Waals surface area contributed by atoms with E-state index in [-0.39, 0.29) is 5.92 Å². The van der Waals surface area contributed by atoms with Crippen molar-refractivity contribution < 1.29 is 15.0 Å². The van der Waals surface area contributed by atoms with Crippen molar-refractivity contribution in [1.82, 2.24) is 0 Å². The maximum atomic E-state index is 10.6. The molecule has 0 saturated heterocycles. The normalized spacial score (nSPS) is 46.6. The molecule has 0 aliphatic heterocycles. The van der Waals surface area contributed by atoms with Crippen LogP contribution in [0.1, 0.15) is 12.8 Å². The van der Waals surface area contributed by atoms with Crippen LogP contribution in [0.15, 0.2) is 12.2 Å². The highest BCUT2D eigenvalue weighted by Gasteiger charge is 2.52. The van der Waals surface area contributed by atoms with Gasteiger partial charge in [-0.3, -0.25) is 0 Å². The van der Waals surface area contributed by atoms with Crippen molar-refractivity contribution in [3.63, 3.8) is 0 Å². The van der Waals surface area contributed by atoms with Gasteiger partial charge in [-0.25, -0.2) is 4.79 Å². The summed E-state index contributed by atoms with van der Waals surface area (Å²) in [7, 11) is 0. The summed E-state index contributed by atoms with van der Waals surface area (Å²) < 4.78 is 0. The summed E-state index contributed by atoms with van der Waals surface area (Å²) in [5, 5.41) is 18.3. The summed E-state index contributed by atoms with van der Waals surface area (Å²) in [6.45, 7) is 0. The lowest BCUT2D eigenvalue weighted by Crippen LogP contribution is -2.42. The Labute approximate surface area is 64.3 Å². The van der Waals surface area contributed by atoms with Crippen LogP contribution >= 0.6 is 0 Å². The number of carboxylic acid groups (broad SMARTS) is 1. The van der Waals surface area contributed by atoms with E-state index in [4.69, 9.17) is 5.11 Å². The second-order valence-electron chi connectivity index (χ2n) is 3.42. The van der Waals surface area contributed by atoms with E-state index in [1.807, 2.05) is 12.2 Å². The number of aliphatic carboxylic acids is 1. The monoisotopic (exact) mass is 154 g/mol. The third kappa shape index (κ3) is 0.744. The van der Waals surface area contributed by atoms with Crippen molar-refractivity contribution in [3.05, 3.63) is 12.2 Å². The van der Waals surface area contributed by atoms with Crippen LogP contribution in [-0.2, 0) is 4.79 Å². The van der Waals surface area contributed by atoms with Gasteiger partial charge >= 0.3 is 5.97 Å². The molecule has 3 atom stereocenters. The van der Waals surface area contributed by atoms with Gasteiger partial charge in [0, 0.05) is 5.92 Å². The highest BCUT2D eigenvalue weighted by molar-refractivity contribution is 5.79. The molecule has 0 aromatic rings. The molecule has 3 nitrogen and oxygen atoms in total. The molecule has 60 valence electrons. The molecule has 0 spiro atoms. The van der Waals surface area contributed by atoms with Crippen LogP contribution in [0.25, 0.3) is 0 Å². The second-order valence-corrected chi connectivity index (χ2v) is 3.42. The third-order valence-electron chi connectivity index (χ3n) is 2.73. The van der Waals surface area contributed by atoms with E-state index in [0.29, 0.717) is 12.3 Å². The molecule has 0 aromatic heterocycles. The zero-order valence-corrected chi connectivity index (χ0v) is 6.03. The van der Waals surface area contributed by atoms with Gasteiger partial charge in [0.1, 0.15) is 0 Å². The Hall–Kier alpha value is -0.830. The van der Waals surface area contributed by atoms with Gasteiger partial charge in [0.25, 0.3) is 0 Å². The molecule has 2 aliphatic rings. The number of aliphatic hydroxyl groups is 1. The van der Waals surface area contributed by atoms with Gasteiger partial charge in [0.15, 0.2) is 5.60 Å². The van der Waals surface area contributed by atoms with Crippen LogP contribution in [0, 0.1) is 11.8 Å². The van der Waals surface area contributed by atoms with E-state index in [9.17, 15) is 9.90 Å². The first-order valence-electron chi connectivity index (χ1n) is 3.77. The predicted molar refractivity (Wildman–Crippen MR) is 37.9 cm³/mol. The van der Waals surface area contributed by atoms with Crippen molar-refractivity contribution in [3.8, 4) is 0 Å². The minimum atomic E-state index is -1.46. The van der Waals surface area contributed by atoms with Crippen LogP contribution in [0.3, 0.4) is 0 Å². The first kappa shape index (κ1) is 6.85. The van der Waals surface area contributed by atoms with E-state index in [1.54, 1.807) is 0 Å². The van der Waals surface area contributed by atoms with Crippen molar-refractivity contribution in [2.24, 2.45) is 11.8 Å². The van der Waals surface area contributed by atoms with Crippen LogP contribution in [0.4, 0.5) is 0 Å². The van der Waals surface area contributed by atoms with Gasteiger partial charge in [-0.2, -0.15) is 0 Å². The molecule has 1 saturated carbocycles. The zero-order valence-electron chi connectivity index (χ0n) is 6.03. The molecule has 11 heavy (non-hydrogen) atoms. The van der Waals surface area contributed by atoms with Crippen molar-refractivity contribution in [1.29, 1.82) is 0 Å². The van der Waals surface area contributed by atoms with Crippen molar-refractivity contribution in [2.75, 3.05) is 0 Å². The minimum absolute atomic E-state index is 0.148. The lowest BCUT2D eigenvalue weighted by molar-refractivity contribution is -0.161. The lowest BCUT2D eigenvalue weighted by Gasteiger charge is -2.24. The number of rotatable bonds is 1. The van der Waals surface area contributed by atoms with Gasteiger partial charge < -0.3 is 10.2 Å². The van der Waals surface area contributed by atoms with E-state index in [2.05, 4.69) is 0 Å². The van der Waals surface area contributed by atoms with Crippen LogP contribution in [0.2, 0.25) is 0 Å². The molecule has 1 fully saturated rings. The average Bonchev–Trinajstić information content (AvgIpc) is 2.45. The van der Waals surface area contributed by atoms with E-state index in [0.717, 1.165) is 6.42 Å². The number of carbonyl (C=O) groups is 1. The largest absolute Gasteiger partial charge is 0.479 e.